The van der Waals surface area contributed by atoms with Gasteiger partial charge in [-0.3, -0.25) is 19.8 Å². The molecule has 0 saturated carbocycles. The van der Waals surface area contributed by atoms with Gasteiger partial charge in [-0.05, 0) is 31.7 Å². The van der Waals surface area contributed by atoms with Gasteiger partial charge in [0.25, 0.3) is 0 Å². The Morgan fingerprint density at radius 3 is 2.80 bits per heavy atom. The number of nitrogens with one attached hydrogen (secondary N) is 1. The summed E-state index contributed by atoms with van der Waals surface area (Å²) in [6, 6.07) is 3.62. The number of hydrogen-bond donors (Lipinski definition) is 1. The zero-order valence-electron chi connectivity index (χ0n) is 11.2. The highest BCUT2D eigenvalue weighted by atomic mass is 19.1. The first-order chi connectivity index (χ1) is 9.52. The van der Waals surface area contributed by atoms with E-state index >= 15 is 0 Å². The standard InChI is InChI=1S/C14H15FN2O3/c1-17-11-6-9(13(18)16-14(11)19)12(17)8-5-7(20-2)3-4-10(8)15/h3-5,9,11-12H,6H2,1-2H3,(H,16,18,19)/t9-,11-,12-/m1/s1. The van der Waals surface area contributed by atoms with Gasteiger partial charge in [-0.15, -0.1) is 0 Å². The Kier molecular flexibility index (Phi) is 2.97. The van der Waals surface area contributed by atoms with Crippen LogP contribution in [0, 0.1) is 11.7 Å². The molecule has 0 aliphatic carbocycles. The molecule has 3 rings (SSSR count). The lowest BCUT2D eigenvalue weighted by Crippen LogP contribution is -2.46. The highest BCUT2D eigenvalue weighted by Crippen LogP contribution is 2.43. The van der Waals surface area contributed by atoms with Crippen molar-refractivity contribution in [1.82, 2.24) is 10.2 Å². The van der Waals surface area contributed by atoms with Crippen LogP contribution in [0.4, 0.5) is 4.39 Å². The first-order valence-corrected chi connectivity index (χ1v) is 6.43. The molecule has 3 atom stereocenters. The fourth-order valence-electron chi connectivity index (χ4n) is 3.16. The van der Waals surface area contributed by atoms with Crippen LogP contribution < -0.4 is 10.1 Å². The third kappa shape index (κ3) is 1.79. The van der Waals surface area contributed by atoms with Crippen molar-refractivity contribution in [1.29, 1.82) is 0 Å². The number of halogens is 1. The molecule has 2 saturated heterocycles. The number of likely N-dealkylation sites (N-methyl/N-ethyl adjacent to an activating group) is 1. The Balaban J connectivity index is 2.05. The predicted octanol–water partition coefficient (Wildman–Crippen LogP) is 0.852. The molecule has 2 bridgehead atoms. The second-order valence-electron chi connectivity index (χ2n) is 5.21. The maximum absolute atomic E-state index is 14.1. The Hall–Kier alpha value is -1.95. The van der Waals surface area contributed by atoms with Crippen molar-refractivity contribution in [3.63, 3.8) is 0 Å². The van der Waals surface area contributed by atoms with Gasteiger partial charge in [0.1, 0.15) is 11.6 Å². The molecule has 2 fully saturated rings. The van der Waals surface area contributed by atoms with Crippen molar-refractivity contribution in [3.05, 3.63) is 29.6 Å². The Bertz CT molecular complexity index is 590. The summed E-state index contributed by atoms with van der Waals surface area (Å²) in [6.07, 6.45) is 0.433. The normalized spacial score (nSPS) is 29.4. The highest BCUT2D eigenvalue weighted by Gasteiger charge is 2.51. The van der Waals surface area contributed by atoms with E-state index in [1.165, 1.54) is 19.2 Å². The van der Waals surface area contributed by atoms with Crippen molar-refractivity contribution in [2.24, 2.45) is 5.92 Å². The number of nitrogens with zero attached hydrogens (tertiary/aromatic N) is 1. The van der Waals surface area contributed by atoms with E-state index in [1.807, 2.05) is 0 Å². The van der Waals surface area contributed by atoms with Crippen LogP contribution in [0.5, 0.6) is 5.75 Å². The number of amides is 2. The van der Waals surface area contributed by atoms with Crippen molar-refractivity contribution >= 4 is 11.8 Å². The summed E-state index contributed by atoms with van der Waals surface area (Å²) in [5.41, 5.74) is 0.393. The van der Waals surface area contributed by atoms with Crippen LogP contribution in [0.3, 0.4) is 0 Å². The van der Waals surface area contributed by atoms with E-state index < -0.39 is 17.8 Å². The number of methoxy groups -OCH3 is 1. The van der Waals surface area contributed by atoms with E-state index in [-0.39, 0.29) is 17.9 Å². The molecule has 6 heteroatoms. The van der Waals surface area contributed by atoms with Crippen LogP contribution >= 0.6 is 0 Å². The number of carbonyl (C=O) groups excluding carboxylic acids is 2. The number of carbonyl (C=O) groups is 2. The van der Waals surface area contributed by atoms with Gasteiger partial charge < -0.3 is 4.74 Å². The largest absolute Gasteiger partial charge is 0.497 e. The van der Waals surface area contributed by atoms with Gasteiger partial charge in [0.15, 0.2) is 0 Å². The van der Waals surface area contributed by atoms with E-state index in [0.29, 0.717) is 17.7 Å². The third-order valence-corrected chi connectivity index (χ3v) is 4.20. The molecule has 0 aromatic heterocycles. The van der Waals surface area contributed by atoms with Crippen LogP contribution in [0.25, 0.3) is 0 Å². The van der Waals surface area contributed by atoms with Crippen molar-refractivity contribution < 1.29 is 18.7 Å². The van der Waals surface area contributed by atoms with Gasteiger partial charge in [-0.1, -0.05) is 0 Å². The summed E-state index contributed by atoms with van der Waals surface area (Å²) in [6.45, 7) is 0. The molecule has 2 aliphatic rings. The summed E-state index contributed by atoms with van der Waals surface area (Å²) in [7, 11) is 3.25. The molecule has 1 aromatic carbocycles. The zero-order chi connectivity index (χ0) is 14.4. The highest BCUT2D eigenvalue weighted by molar-refractivity contribution is 6.02. The van der Waals surface area contributed by atoms with E-state index in [1.54, 1.807) is 18.0 Å². The number of hydrogen-bond acceptors (Lipinski definition) is 4. The van der Waals surface area contributed by atoms with Crippen LogP contribution in [0.1, 0.15) is 18.0 Å². The van der Waals surface area contributed by atoms with Crippen LogP contribution in [-0.2, 0) is 9.59 Å². The van der Waals surface area contributed by atoms with Gasteiger partial charge in [-0.2, -0.15) is 0 Å². The Morgan fingerprint density at radius 2 is 2.10 bits per heavy atom. The van der Waals surface area contributed by atoms with Gasteiger partial charge in [0.05, 0.1) is 19.1 Å². The Morgan fingerprint density at radius 1 is 1.35 bits per heavy atom. The lowest BCUT2D eigenvalue weighted by molar-refractivity contribution is -0.136. The van der Waals surface area contributed by atoms with Crippen molar-refractivity contribution in [2.75, 3.05) is 14.2 Å². The zero-order valence-corrected chi connectivity index (χ0v) is 11.2. The molecule has 0 unspecified atom stereocenters. The quantitative estimate of drug-likeness (QED) is 0.815. The molecule has 2 heterocycles. The fraction of sp³-hybridized carbons (Fsp3) is 0.429. The number of benzene rings is 1. The molecule has 1 aromatic rings. The van der Waals surface area contributed by atoms with Gasteiger partial charge in [-0.25, -0.2) is 4.39 Å². The number of imide groups is 1. The molecule has 2 amide bonds. The molecule has 20 heavy (non-hydrogen) atoms. The van der Waals surface area contributed by atoms with Crippen molar-refractivity contribution in [3.8, 4) is 5.75 Å². The van der Waals surface area contributed by atoms with Crippen LogP contribution in [-0.4, -0.2) is 36.9 Å². The minimum Gasteiger partial charge on any atom is -0.497 e. The number of fused-ring (bicyclic) bond motifs is 2. The molecular formula is C14H15FN2O3. The summed E-state index contributed by atoms with van der Waals surface area (Å²) in [5, 5.41) is 2.35. The van der Waals surface area contributed by atoms with E-state index in [4.69, 9.17) is 4.74 Å². The number of ether oxygens (including phenoxy) is 1. The average molecular weight is 278 g/mol. The monoisotopic (exact) mass is 278 g/mol. The topological polar surface area (TPSA) is 58.6 Å². The van der Waals surface area contributed by atoms with Crippen LogP contribution in [0.2, 0.25) is 0 Å². The number of rotatable bonds is 2. The van der Waals surface area contributed by atoms with Crippen molar-refractivity contribution in [2.45, 2.75) is 18.5 Å². The summed E-state index contributed by atoms with van der Waals surface area (Å²) < 4.78 is 19.2. The number of likely N-dealkylation sites (tertiary alicyclic amines) is 1. The summed E-state index contributed by atoms with van der Waals surface area (Å²) >= 11 is 0. The fourth-order valence-corrected chi connectivity index (χ4v) is 3.16. The third-order valence-electron chi connectivity index (χ3n) is 4.20. The molecule has 1 N–H and O–H groups in total. The van der Waals surface area contributed by atoms with Gasteiger partial charge >= 0.3 is 0 Å². The maximum atomic E-state index is 14.1. The molecule has 2 aliphatic heterocycles. The summed E-state index contributed by atoms with van der Waals surface area (Å²) in [4.78, 5) is 25.5. The molecule has 5 nitrogen and oxygen atoms in total. The smallest absolute Gasteiger partial charge is 0.243 e. The Labute approximate surface area is 115 Å². The lowest BCUT2D eigenvalue weighted by atomic mass is 9.90. The first kappa shape index (κ1) is 13.1. The SMILES string of the molecule is COc1ccc(F)c([C@@H]2[C@H]3C[C@H](C(=O)NC3=O)N2C)c1. The van der Waals surface area contributed by atoms with E-state index in [2.05, 4.69) is 5.32 Å². The minimum absolute atomic E-state index is 0.306. The number of piperidine rings is 1. The maximum Gasteiger partial charge on any atom is 0.243 e. The first-order valence-electron chi connectivity index (χ1n) is 6.43. The van der Waals surface area contributed by atoms with E-state index in [0.717, 1.165) is 0 Å². The van der Waals surface area contributed by atoms with Gasteiger partial charge in [0, 0.05) is 11.6 Å². The van der Waals surface area contributed by atoms with E-state index in [9.17, 15) is 14.0 Å². The molecule has 106 valence electrons. The minimum atomic E-state index is -0.443. The predicted molar refractivity (Wildman–Crippen MR) is 68.5 cm³/mol. The molecular weight excluding hydrogens is 263 g/mol. The average Bonchev–Trinajstić information content (AvgIpc) is 2.73. The van der Waals surface area contributed by atoms with Crippen LogP contribution in [0.15, 0.2) is 18.2 Å². The molecule has 0 radical (unpaired) electrons. The second-order valence-corrected chi connectivity index (χ2v) is 5.21. The lowest BCUT2D eigenvalue weighted by Gasteiger charge is -2.24. The summed E-state index contributed by atoms with van der Waals surface area (Å²) in [5.74, 6) is -0.912. The second kappa shape index (κ2) is 4.56. The van der Waals surface area contributed by atoms with Gasteiger partial charge in [0.2, 0.25) is 11.8 Å². The molecule has 0 spiro atoms.